The molecule has 5 nitrogen and oxygen atoms in total. The molecule has 0 aliphatic heterocycles. The van der Waals surface area contributed by atoms with Gasteiger partial charge in [0.15, 0.2) is 0 Å². The lowest BCUT2D eigenvalue weighted by atomic mass is 10.3. The van der Waals surface area contributed by atoms with Crippen molar-refractivity contribution in [1.29, 1.82) is 0 Å². The Labute approximate surface area is 78.0 Å². The quantitative estimate of drug-likeness (QED) is 0.516. The maximum atomic E-state index is 9.87. The molecule has 0 aromatic rings. The van der Waals surface area contributed by atoms with Crippen molar-refractivity contribution in [2.24, 2.45) is 0 Å². The number of carboxylic acid groups (broad SMARTS) is 1. The molecule has 0 unspecified atom stereocenters. The number of hydrogen-bond donors (Lipinski definition) is 2. The van der Waals surface area contributed by atoms with Crippen LogP contribution in [0, 0.1) is 0 Å². The van der Waals surface area contributed by atoms with Crippen molar-refractivity contribution in [2.45, 2.75) is 20.3 Å². The monoisotopic (exact) mass is 191 g/mol. The molecule has 0 radical (unpaired) electrons. The number of Topliss-reactive ketones (excluding diaryl/α,β-unsaturated/α-hetero) is 1. The molecule has 0 rings (SSSR count). The van der Waals surface area contributed by atoms with Crippen molar-refractivity contribution in [3.63, 3.8) is 0 Å². The summed E-state index contributed by atoms with van der Waals surface area (Å²) in [5, 5.41) is 7.86. The molecular formula is C8H17NO4. The average Bonchev–Trinajstić information content (AvgIpc) is 1.87. The maximum absolute atomic E-state index is 9.87. The number of rotatable bonds is 4. The van der Waals surface area contributed by atoms with Gasteiger partial charge in [-0.25, -0.2) is 0 Å². The van der Waals surface area contributed by atoms with E-state index < -0.39 is 5.97 Å². The van der Waals surface area contributed by atoms with Crippen molar-refractivity contribution in [3.8, 4) is 0 Å². The standard InChI is InChI=1S/C4H6O3.C4H8O.H3N/c1-3(5)2-4(6)7;1-3-5-4-2;/h2H2,1H3,(H,6,7);3H,1,4H2,2H3;1H3. The number of carboxylic acids is 1. The lowest BCUT2D eigenvalue weighted by Crippen LogP contribution is -2.00. The van der Waals surface area contributed by atoms with Crippen LogP contribution < -0.4 is 6.15 Å². The van der Waals surface area contributed by atoms with Gasteiger partial charge in [-0.2, -0.15) is 0 Å². The molecular weight excluding hydrogens is 174 g/mol. The molecule has 0 spiro atoms. The Hall–Kier alpha value is -1.36. The Morgan fingerprint density at radius 2 is 2.00 bits per heavy atom. The van der Waals surface area contributed by atoms with Crippen LogP contribution in [0.5, 0.6) is 0 Å². The molecule has 0 saturated carbocycles. The fourth-order valence-corrected chi connectivity index (χ4v) is 0.331. The zero-order chi connectivity index (χ0) is 9.98. The minimum absolute atomic E-state index is 0. The maximum Gasteiger partial charge on any atom is 0.310 e. The van der Waals surface area contributed by atoms with Gasteiger partial charge in [0.1, 0.15) is 12.2 Å². The van der Waals surface area contributed by atoms with Crippen LogP contribution in [0.25, 0.3) is 0 Å². The van der Waals surface area contributed by atoms with Crippen molar-refractivity contribution in [2.75, 3.05) is 6.61 Å². The molecule has 5 heteroatoms. The Balaban J connectivity index is -0.000000150. The summed E-state index contributed by atoms with van der Waals surface area (Å²) in [7, 11) is 0. The fourth-order valence-electron chi connectivity index (χ4n) is 0.331. The first-order chi connectivity index (χ1) is 5.54. The molecule has 0 aliphatic carbocycles. The van der Waals surface area contributed by atoms with Gasteiger partial charge in [-0.15, -0.1) is 0 Å². The summed E-state index contributed by atoms with van der Waals surface area (Å²) in [4.78, 5) is 19.5. The van der Waals surface area contributed by atoms with Gasteiger partial charge < -0.3 is 16.0 Å². The number of aliphatic carboxylic acids is 1. The van der Waals surface area contributed by atoms with Crippen LogP contribution in [0.3, 0.4) is 0 Å². The zero-order valence-electron chi connectivity index (χ0n) is 8.08. The molecule has 0 atom stereocenters. The molecule has 0 aliphatic rings. The molecule has 4 N–H and O–H groups in total. The van der Waals surface area contributed by atoms with E-state index in [0.29, 0.717) is 0 Å². The molecule has 0 bridgehead atoms. The molecule has 0 saturated heterocycles. The summed E-state index contributed by atoms with van der Waals surface area (Å²) < 4.78 is 4.60. The molecule has 0 aromatic heterocycles. The fraction of sp³-hybridized carbons (Fsp3) is 0.500. The summed E-state index contributed by atoms with van der Waals surface area (Å²) in [6.07, 6.45) is 1.07. The van der Waals surface area contributed by atoms with Crippen LogP contribution in [0.2, 0.25) is 0 Å². The minimum Gasteiger partial charge on any atom is -0.502 e. The van der Waals surface area contributed by atoms with Crippen LogP contribution in [-0.2, 0) is 14.3 Å². The number of ether oxygens (including phenoxy) is 1. The van der Waals surface area contributed by atoms with Crippen LogP contribution in [-0.4, -0.2) is 23.5 Å². The largest absolute Gasteiger partial charge is 0.502 e. The second-order valence-electron chi connectivity index (χ2n) is 1.89. The minimum atomic E-state index is -1.06. The molecule has 0 heterocycles. The third-order valence-electron chi connectivity index (χ3n) is 0.685. The Bertz CT molecular complexity index is 144. The van der Waals surface area contributed by atoms with Gasteiger partial charge >= 0.3 is 5.97 Å². The van der Waals surface area contributed by atoms with E-state index in [1.54, 1.807) is 0 Å². The van der Waals surface area contributed by atoms with Crippen molar-refractivity contribution >= 4 is 11.8 Å². The predicted molar refractivity (Wildman–Crippen MR) is 49.8 cm³/mol. The van der Waals surface area contributed by atoms with Gasteiger partial charge in [0.2, 0.25) is 0 Å². The van der Waals surface area contributed by atoms with Crippen LogP contribution >= 0.6 is 0 Å². The van der Waals surface area contributed by atoms with Gasteiger partial charge in [-0.05, 0) is 13.8 Å². The van der Waals surface area contributed by atoms with Crippen LogP contribution in [0.1, 0.15) is 20.3 Å². The lowest BCUT2D eigenvalue weighted by Gasteiger charge is -1.84. The van der Waals surface area contributed by atoms with E-state index in [-0.39, 0.29) is 18.4 Å². The van der Waals surface area contributed by atoms with Gasteiger partial charge in [0.05, 0.1) is 12.9 Å². The highest BCUT2D eigenvalue weighted by atomic mass is 16.5. The van der Waals surface area contributed by atoms with E-state index >= 15 is 0 Å². The second-order valence-corrected chi connectivity index (χ2v) is 1.89. The van der Waals surface area contributed by atoms with E-state index in [1.165, 1.54) is 13.2 Å². The van der Waals surface area contributed by atoms with Crippen molar-refractivity contribution in [3.05, 3.63) is 12.8 Å². The van der Waals surface area contributed by atoms with E-state index in [9.17, 15) is 9.59 Å². The van der Waals surface area contributed by atoms with Crippen molar-refractivity contribution < 1.29 is 19.4 Å². The number of ketones is 1. The molecule has 0 fully saturated rings. The second kappa shape index (κ2) is 13.2. The van der Waals surface area contributed by atoms with Crippen LogP contribution in [0.4, 0.5) is 0 Å². The van der Waals surface area contributed by atoms with E-state index in [2.05, 4.69) is 11.3 Å². The first-order valence-electron chi connectivity index (χ1n) is 3.48. The van der Waals surface area contributed by atoms with E-state index in [1.807, 2.05) is 6.92 Å². The van der Waals surface area contributed by atoms with Gasteiger partial charge in [-0.1, -0.05) is 6.58 Å². The first-order valence-corrected chi connectivity index (χ1v) is 3.48. The Kier molecular flexibility index (Phi) is 18.0. The van der Waals surface area contributed by atoms with Crippen LogP contribution in [0.15, 0.2) is 12.8 Å². The summed E-state index contributed by atoms with van der Waals surface area (Å²) in [5.41, 5.74) is 0. The van der Waals surface area contributed by atoms with E-state index in [0.717, 1.165) is 6.61 Å². The summed E-state index contributed by atoms with van der Waals surface area (Å²) in [6.45, 7) is 7.22. The van der Waals surface area contributed by atoms with E-state index in [4.69, 9.17) is 5.11 Å². The number of carbonyl (C=O) groups excluding carboxylic acids is 1. The summed E-state index contributed by atoms with van der Waals surface area (Å²) in [6, 6.07) is 0. The highest BCUT2D eigenvalue weighted by Gasteiger charge is 1.98. The number of carbonyl (C=O) groups is 2. The average molecular weight is 191 g/mol. The van der Waals surface area contributed by atoms with Gasteiger partial charge in [0.25, 0.3) is 0 Å². The SMILES string of the molecule is C=COCC.CC(=O)CC(=O)O.N. The Morgan fingerprint density at radius 1 is 1.54 bits per heavy atom. The topological polar surface area (TPSA) is 98.6 Å². The molecule has 0 amide bonds. The van der Waals surface area contributed by atoms with Gasteiger partial charge in [0, 0.05) is 0 Å². The molecule has 13 heavy (non-hydrogen) atoms. The van der Waals surface area contributed by atoms with Gasteiger partial charge in [-0.3, -0.25) is 9.59 Å². The molecule has 78 valence electrons. The van der Waals surface area contributed by atoms with Crippen molar-refractivity contribution in [1.82, 2.24) is 6.15 Å². The smallest absolute Gasteiger partial charge is 0.310 e. The normalized spacial score (nSPS) is 6.92. The Morgan fingerprint density at radius 3 is 2.00 bits per heavy atom. The highest BCUT2D eigenvalue weighted by Crippen LogP contribution is 1.77. The third-order valence-corrected chi connectivity index (χ3v) is 0.685. The summed E-state index contributed by atoms with van der Waals surface area (Å²) in [5.74, 6) is -1.37. The first kappa shape index (κ1) is 17.7. The zero-order valence-corrected chi connectivity index (χ0v) is 8.08. The predicted octanol–water partition coefficient (Wildman–Crippen LogP) is 1.38. The molecule has 0 aromatic carbocycles. The number of hydrogen-bond acceptors (Lipinski definition) is 4. The highest BCUT2D eigenvalue weighted by molar-refractivity contribution is 5.93. The third kappa shape index (κ3) is 36.9. The summed E-state index contributed by atoms with van der Waals surface area (Å²) >= 11 is 0. The lowest BCUT2D eigenvalue weighted by molar-refractivity contribution is -0.139.